The molecule has 1 aliphatic heterocycles. The van der Waals surface area contributed by atoms with Crippen LogP contribution in [0.1, 0.15) is 23.5 Å². The van der Waals surface area contributed by atoms with Crippen LogP contribution in [0.3, 0.4) is 0 Å². The lowest BCUT2D eigenvalue weighted by atomic mass is 9.97. The number of carboxylic acids is 1. The van der Waals surface area contributed by atoms with Gasteiger partial charge in [0.15, 0.2) is 0 Å². The van der Waals surface area contributed by atoms with E-state index in [2.05, 4.69) is 4.98 Å². The van der Waals surface area contributed by atoms with Crippen LogP contribution >= 0.6 is 11.3 Å². The van der Waals surface area contributed by atoms with Gasteiger partial charge >= 0.3 is 12.1 Å². The number of aliphatic hydroxyl groups is 1. The molecular weight excluding hydrogens is 365 g/mol. The first-order valence-corrected chi connectivity index (χ1v) is 8.23. The summed E-state index contributed by atoms with van der Waals surface area (Å²) in [5.74, 6) is -2.20. The van der Waals surface area contributed by atoms with E-state index in [9.17, 15) is 27.9 Å². The van der Waals surface area contributed by atoms with E-state index in [4.69, 9.17) is 9.84 Å². The van der Waals surface area contributed by atoms with E-state index in [0.717, 1.165) is 4.90 Å². The van der Waals surface area contributed by atoms with Crippen molar-refractivity contribution in [2.75, 3.05) is 19.8 Å². The number of aryl methyl sites for hydroxylation is 1. The Balaban J connectivity index is 2.26. The average Bonchev–Trinajstić information content (AvgIpc) is 2.93. The van der Waals surface area contributed by atoms with Crippen LogP contribution in [-0.4, -0.2) is 64.0 Å². The molecule has 0 aliphatic carbocycles. The summed E-state index contributed by atoms with van der Waals surface area (Å²) in [7, 11) is 0. The molecule has 2 atom stereocenters. The molecule has 1 saturated heterocycles. The molecular formula is C14H17F3N2O5S. The Bertz CT molecular complexity index is 651. The van der Waals surface area contributed by atoms with Crippen molar-refractivity contribution in [2.24, 2.45) is 0 Å². The Hall–Kier alpha value is -1.72. The van der Waals surface area contributed by atoms with Crippen LogP contribution in [-0.2, 0) is 19.9 Å². The molecule has 2 rings (SSSR count). The van der Waals surface area contributed by atoms with Gasteiger partial charge in [-0.2, -0.15) is 13.2 Å². The van der Waals surface area contributed by atoms with Crippen LogP contribution in [0.15, 0.2) is 5.38 Å². The van der Waals surface area contributed by atoms with Crippen molar-refractivity contribution in [3.8, 4) is 0 Å². The zero-order chi connectivity index (χ0) is 18.8. The van der Waals surface area contributed by atoms with Gasteiger partial charge < -0.3 is 19.8 Å². The van der Waals surface area contributed by atoms with Gasteiger partial charge in [0.05, 0.1) is 32.1 Å². The quantitative estimate of drug-likeness (QED) is 0.796. The van der Waals surface area contributed by atoms with Gasteiger partial charge in [0, 0.05) is 17.6 Å². The number of carbonyl (C=O) groups excluding carboxylic acids is 1. The summed E-state index contributed by atoms with van der Waals surface area (Å²) >= 11 is 0.613. The summed E-state index contributed by atoms with van der Waals surface area (Å²) in [6, 6.07) is -0.880. The number of hydrogen-bond acceptors (Lipinski definition) is 6. The van der Waals surface area contributed by atoms with Gasteiger partial charge in [-0.3, -0.25) is 9.59 Å². The standard InChI is InChI=1S/C14H17F3N2O5S/c1-8-7-25-12(18-8)13(23,14(15,16)17)5-10(20)19-2-3-24-6-9(19)4-11(21)22/h7,9,23H,2-6H2,1H3,(H,21,22). The summed E-state index contributed by atoms with van der Waals surface area (Å²) in [4.78, 5) is 28.0. The molecule has 1 amide bonds. The molecule has 1 fully saturated rings. The largest absolute Gasteiger partial charge is 0.481 e. The fourth-order valence-electron chi connectivity index (χ4n) is 2.52. The van der Waals surface area contributed by atoms with E-state index < -0.39 is 47.5 Å². The van der Waals surface area contributed by atoms with Gasteiger partial charge in [-0.05, 0) is 6.92 Å². The molecule has 2 N–H and O–H groups in total. The highest BCUT2D eigenvalue weighted by molar-refractivity contribution is 7.09. The molecule has 7 nitrogen and oxygen atoms in total. The first-order chi connectivity index (χ1) is 11.5. The third-order valence-corrected chi connectivity index (χ3v) is 4.92. The average molecular weight is 382 g/mol. The molecule has 1 aromatic heterocycles. The van der Waals surface area contributed by atoms with Gasteiger partial charge in [-0.25, -0.2) is 4.98 Å². The molecule has 2 heterocycles. The van der Waals surface area contributed by atoms with Crippen molar-refractivity contribution in [2.45, 2.75) is 37.6 Å². The number of rotatable bonds is 5. The Kier molecular flexibility index (Phi) is 5.69. The Morgan fingerprint density at radius 2 is 2.16 bits per heavy atom. The number of aromatic nitrogens is 1. The van der Waals surface area contributed by atoms with Crippen LogP contribution in [0.2, 0.25) is 0 Å². The van der Waals surface area contributed by atoms with Gasteiger partial charge in [-0.15, -0.1) is 11.3 Å². The van der Waals surface area contributed by atoms with E-state index in [-0.39, 0.29) is 19.8 Å². The maximum Gasteiger partial charge on any atom is 0.424 e. The molecule has 2 unspecified atom stereocenters. The van der Waals surface area contributed by atoms with E-state index in [1.807, 2.05) is 0 Å². The van der Waals surface area contributed by atoms with E-state index >= 15 is 0 Å². The molecule has 0 bridgehead atoms. The van der Waals surface area contributed by atoms with Crippen molar-refractivity contribution in [3.05, 3.63) is 16.1 Å². The number of halogens is 3. The molecule has 1 aliphatic rings. The fourth-order valence-corrected chi connectivity index (χ4v) is 3.43. The van der Waals surface area contributed by atoms with Crippen molar-refractivity contribution >= 4 is 23.2 Å². The normalized spacial score (nSPS) is 21.0. The minimum Gasteiger partial charge on any atom is -0.481 e. The van der Waals surface area contributed by atoms with Crippen LogP contribution in [0.4, 0.5) is 13.2 Å². The van der Waals surface area contributed by atoms with Gasteiger partial charge in [0.25, 0.3) is 0 Å². The summed E-state index contributed by atoms with van der Waals surface area (Å²) in [6.45, 7) is 1.44. The number of morpholine rings is 1. The van der Waals surface area contributed by atoms with Crippen LogP contribution in [0.25, 0.3) is 0 Å². The van der Waals surface area contributed by atoms with E-state index in [1.54, 1.807) is 0 Å². The van der Waals surface area contributed by atoms with Crippen molar-refractivity contribution < 1.29 is 37.7 Å². The molecule has 140 valence electrons. The molecule has 0 aromatic carbocycles. The summed E-state index contributed by atoms with van der Waals surface area (Å²) < 4.78 is 45.5. The van der Waals surface area contributed by atoms with Crippen LogP contribution < -0.4 is 0 Å². The molecule has 11 heteroatoms. The minimum absolute atomic E-state index is 0.0401. The first-order valence-electron chi connectivity index (χ1n) is 7.35. The second kappa shape index (κ2) is 7.26. The lowest BCUT2D eigenvalue weighted by Gasteiger charge is -2.37. The number of nitrogens with zero attached hydrogens (tertiary/aromatic N) is 2. The fraction of sp³-hybridized carbons (Fsp3) is 0.643. The Morgan fingerprint density at radius 3 is 2.68 bits per heavy atom. The maximum absolute atomic E-state index is 13.5. The summed E-state index contributed by atoms with van der Waals surface area (Å²) in [5.41, 5.74) is -3.13. The molecule has 25 heavy (non-hydrogen) atoms. The predicted molar refractivity (Wildman–Crippen MR) is 80.0 cm³/mol. The number of aliphatic carboxylic acids is 1. The Labute approximate surface area is 145 Å². The number of carbonyl (C=O) groups is 2. The van der Waals surface area contributed by atoms with Crippen molar-refractivity contribution in [1.29, 1.82) is 0 Å². The van der Waals surface area contributed by atoms with Crippen LogP contribution in [0.5, 0.6) is 0 Å². The smallest absolute Gasteiger partial charge is 0.424 e. The highest BCUT2D eigenvalue weighted by atomic mass is 32.1. The Morgan fingerprint density at radius 1 is 1.48 bits per heavy atom. The highest BCUT2D eigenvalue weighted by Crippen LogP contribution is 2.43. The highest BCUT2D eigenvalue weighted by Gasteiger charge is 2.58. The second-order valence-electron chi connectivity index (χ2n) is 5.74. The third kappa shape index (κ3) is 4.28. The zero-order valence-corrected chi connectivity index (χ0v) is 14.1. The van der Waals surface area contributed by atoms with Crippen molar-refractivity contribution in [1.82, 2.24) is 9.88 Å². The summed E-state index contributed by atoms with van der Waals surface area (Å²) in [5, 5.41) is 19.8. The minimum atomic E-state index is -5.11. The number of thiazole rings is 1. The lowest BCUT2D eigenvalue weighted by molar-refractivity contribution is -0.268. The number of ether oxygens (including phenoxy) is 1. The number of alkyl halides is 3. The predicted octanol–water partition coefficient (Wildman–Crippen LogP) is 1.29. The third-order valence-electron chi connectivity index (χ3n) is 3.81. The van der Waals surface area contributed by atoms with Gasteiger partial charge in [-0.1, -0.05) is 0 Å². The summed E-state index contributed by atoms with van der Waals surface area (Å²) in [6.07, 6.45) is -6.83. The maximum atomic E-state index is 13.5. The molecule has 1 aromatic rings. The van der Waals surface area contributed by atoms with E-state index in [0.29, 0.717) is 17.0 Å². The molecule has 0 saturated carbocycles. The van der Waals surface area contributed by atoms with Crippen molar-refractivity contribution in [3.63, 3.8) is 0 Å². The van der Waals surface area contributed by atoms with E-state index in [1.165, 1.54) is 12.3 Å². The number of amides is 1. The number of carboxylic acid groups (broad SMARTS) is 1. The topological polar surface area (TPSA) is 100.0 Å². The molecule has 0 radical (unpaired) electrons. The monoisotopic (exact) mass is 382 g/mol. The van der Waals surface area contributed by atoms with Crippen LogP contribution in [0, 0.1) is 6.92 Å². The second-order valence-corrected chi connectivity index (χ2v) is 6.60. The number of hydrogen-bond donors (Lipinski definition) is 2. The zero-order valence-electron chi connectivity index (χ0n) is 13.2. The SMILES string of the molecule is Cc1csc(C(O)(CC(=O)N2CCOCC2CC(=O)O)C(F)(F)F)n1. The van der Waals surface area contributed by atoms with Gasteiger partial charge in [0.1, 0.15) is 5.01 Å². The lowest BCUT2D eigenvalue weighted by Crippen LogP contribution is -2.53. The van der Waals surface area contributed by atoms with Gasteiger partial charge in [0.2, 0.25) is 11.5 Å². The first kappa shape index (κ1) is 19.6. The molecule has 0 spiro atoms.